The molecule has 0 bridgehead atoms. The van der Waals surface area contributed by atoms with Gasteiger partial charge in [0.2, 0.25) is 0 Å². The SMILES string of the molecule is COc1ccc(C(=O)O)cc1S(=O)(=O)Nc1c(-c2ccccc2)cc(F)c(C#N)c1F. The Morgan fingerprint density at radius 2 is 1.81 bits per heavy atom. The molecule has 0 aliphatic heterocycles. The van der Waals surface area contributed by atoms with E-state index in [1.165, 1.54) is 25.3 Å². The summed E-state index contributed by atoms with van der Waals surface area (Å²) in [6, 6.07) is 13.2. The number of sulfonamides is 1. The van der Waals surface area contributed by atoms with E-state index in [0.717, 1.165) is 24.3 Å². The van der Waals surface area contributed by atoms with Gasteiger partial charge in [0.05, 0.1) is 18.4 Å². The van der Waals surface area contributed by atoms with Gasteiger partial charge in [-0.25, -0.2) is 22.0 Å². The summed E-state index contributed by atoms with van der Waals surface area (Å²) in [6.45, 7) is 0. The van der Waals surface area contributed by atoms with Gasteiger partial charge in [-0.05, 0) is 29.8 Å². The van der Waals surface area contributed by atoms with Crippen molar-refractivity contribution in [2.24, 2.45) is 0 Å². The molecule has 158 valence electrons. The Morgan fingerprint density at radius 3 is 2.39 bits per heavy atom. The maximum absolute atomic E-state index is 15.0. The maximum Gasteiger partial charge on any atom is 0.335 e. The van der Waals surface area contributed by atoms with Gasteiger partial charge in [-0.1, -0.05) is 30.3 Å². The van der Waals surface area contributed by atoms with Crippen LogP contribution in [0.5, 0.6) is 5.75 Å². The van der Waals surface area contributed by atoms with Gasteiger partial charge in [0, 0.05) is 5.56 Å². The summed E-state index contributed by atoms with van der Waals surface area (Å²) in [6.07, 6.45) is 0. The molecule has 0 saturated carbocycles. The second-order valence-corrected chi connectivity index (χ2v) is 7.87. The van der Waals surface area contributed by atoms with Gasteiger partial charge < -0.3 is 9.84 Å². The molecule has 0 atom stereocenters. The Hall–Kier alpha value is -3.97. The minimum Gasteiger partial charge on any atom is -0.495 e. The lowest BCUT2D eigenvalue weighted by molar-refractivity contribution is 0.0696. The molecule has 0 amide bonds. The van der Waals surface area contributed by atoms with Crippen LogP contribution in [-0.2, 0) is 10.0 Å². The van der Waals surface area contributed by atoms with Gasteiger partial charge in [0.15, 0.2) is 5.82 Å². The van der Waals surface area contributed by atoms with E-state index in [4.69, 9.17) is 10.00 Å². The number of anilines is 1. The highest BCUT2D eigenvalue weighted by Crippen LogP contribution is 2.36. The minimum atomic E-state index is -4.61. The summed E-state index contributed by atoms with van der Waals surface area (Å²) < 4.78 is 62.4. The molecule has 31 heavy (non-hydrogen) atoms. The van der Waals surface area contributed by atoms with E-state index >= 15 is 4.39 Å². The van der Waals surface area contributed by atoms with Crippen LogP contribution < -0.4 is 9.46 Å². The zero-order valence-corrected chi connectivity index (χ0v) is 16.7. The smallest absolute Gasteiger partial charge is 0.335 e. The Kier molecular flexibility index (Phi) is 5.90. The molecule has 3 rings (SSSR count). The molecule has 0 aliphatic carbocycles. The van der Waals surface area contributed by atoms with Crippen LogP contribution in [0.15, 0.2) is 59.5 Å². The van der Waals surface area contributed by atoms with E-state index in [9.17, 15) is 22.7 Å². The first-order valence-electron chi connectivity index (χ1n) is 8.61. The lowest BCUT2D eigenvalue weighted by Gasteiger charge is -2.17. The monoisotopic (exact) mass is 444 g/mol. The number of nitrogens with zero attached hydrogens (tertiary/aromatic N) is 1. The normalized spacial score (nSPS) is 10.9. The lowest BCUT2D eigenvalue weighted by atomic mass is 10.0. The molecule has 0 spiro atoms. The topological polar surface area (TPSA) is 116 Å². The van der Waals surface area contributed by atoms with Crippen molar-refractivity contribution in [2.75, 3.05) is 11.8 Å². The largest absolute Gasteiger partial charge is 0.495 e. The van der Waals surface area contributed by atoms with E-state index in [-0.39, 0.29) is 22.4 Å². The Balaban J connectivity index is 2.24. The molecule has 0 fully saturated rings. The fourth-order valence-electron chi connectivity index (χ4n) is 2.88. The standard InChI is InChI=1S/C21H14F2N2O5S/c1-30-17-8-7-13(21(26)27)9-18(17)31(28,29)25-20-14(12-5-3-2-4-6-12)10-16(22)15(11-24)19(20)23/h2-10,25H,1H3,(H,26,27). The van der Waals surface area contributed by atoms with Crippen LogP contribution in [0.2, 0.25) is 0 Å². The van der Waals surface area contributed by atoms with E-state index in [2.05, 4.69) is 0 Å². The highest BCUT2D eigenvalue weighted by atomic mass is 32.2. The first kappa shape index (κ1) is 21.7. The second-order valence-electron chi connectivity index (χ2n) is 6.22. The Bertz CT molecular complexity index is 1320. The second kappa shape index (κ2) is 8.41. The summed E-state index contributed by atoms with van der Waals surface area (Å²) in [4.78, 5) is 10.7. The summed E-state index contributed by atoms with van der Waals surface area (Å²) in [5.41, 5.74) is -1.84. The van der Waals surface area contributed by atoms with Gasteiger partial charge >= 0.3 is 5.97 Å². The average molecular weight is 444 g/mol. The molecule has 0 saturated heterocycles. The number of carboxylic acid groups (broad SMARTS) is 1. The average Bonchev–Trinajstić information content (AvgIpc) is 2.76. The lowest BCUT2D eigenvalue weighted by Crippen LogP contribution is -2.17. The molecule has 0 heterocycles. The number of carbonyl (C=O) groups is 1. The van der Waals surface area contributed by atoms with Crippen molar-refractivity contribution in [3.8, 4) is 22.9 Å². The minimum absolute atomic E-state index is 0.147. The van der Waals surface area contributed by atoms with E-state index in [0.29, 0.717) is 0 Å². The highest BCUT2D eigenvalue weighted by Gasteiger charge is 2.27. The van der Waals surface area contributed by atoms with Gasteiger partial charge in [0.25, 0.3) is 10.0 Å². The van der Waals surface area contributed by atoms with Crippen LogP contribution in [0.4, 0.5) is 14.5 Å². The number of rotatable bonds is 6. The van der Waals surface area contributed by atoms with Gasteiger partial charge in [-0.3, -0.25) is 4.72 Å². The quantitative estimate of drug-likeness (QED) is 0.593. The number of benzene rings is 3. The Morgan fingerprint density at radius 1 is 1.13 bits per heavy atom. The van der Waals surface area contributed by atoms with Crippen molar-refractivity contribution in [3.05, 3.63) is 77.4 Å². The third-order valence-electron chi connectivity index (χ3n) is 4.35. The van der Waals surface area contributed by atoms with Gasteiger partial charge in [-0.15, -0.1) is 0 Å². The third-order valence-corrected chi connectivity index (χ3v) is 5.72. The van der Waals surface area contributed by atoms with Crippen molar-refractivity contribution in [1.82, 2.24) is 0 Å². The molecule has 0 unspecified atom stereocenters. The zero-order chi connectivity index (χ0) is 22.8. The van der Waals surface area contributed by atoms with Crippen molar-refractivity contribution in [3.63, 3.8) is 0 Å². The highest BCUT2D eigenvalue weighted by molar-refractivity contribution is 7.92. The van der Waals surface area contributed by atoms with Crippen LogP contribution in [0.25, 0.3) is 11.1 Å². The maximum atomic E-state index is 15.0. The number of nitriles is 1. The van der Waals surface area contributed by atoms with Gasteiger partial charge in [-0.2, -0.15) is 5.26 Å². The number of hydrogen-bond donors (Lipinski definition) is 2. The Labute approximate surface area is 176 Å². The predicted molar refractivity (Wildman–Crippen MR) is 107 cm³/mol. The van der Waals surface area contributed by atoms with Crippen molar-refractivity contribution in [2.45, 2.75) is 4.90 Å². The molecule has 0 aromatic heterocycles. The fourth-order valence-corrected chi connectivity index (χ4v) is 4.15. The molecule has 0 aliphatic rings. The number of halogens is 2. The van der Waals surface area contributed by atoms with Crippen molar-refractivity contribution in [1.29, 1.82) is 5.26 Å². The van der Waals surface area contributed by atoms with Crippen molar-refractivity contribution >= 4 is 21.7 Å². The number of carboxylic acids is 1. The molecule has 3 aromatic carbocycles. The molecular weight excluding hydrogens is 430 g/mol. The van der Waals surface area contributed by atoms with Crippen molar-refractivity contribution < 1.29 is 31.8 Å². The van der Waals surface area contributed by atoms with Gasteiger partial charge in [0.1, 0.15) is 28.1 Å². The summed E-state index contributed by atoms with van der Waals surface area (Å²) in [5, 5.41) is 18.3. The predicted octanol–water partition coefficient (Wildman–Crippen LogP) is 4.01. The number of nitrogens with one attached hydrogen (secondary N) is 1. The molecule has 0 radical (unpaired) electrons. The molecular formula is C21H14F2N2O5S. The fraction of sp³-hybridized carbons (Fsp3) is 0.0476. The van der Waals surface area contributed by atoms with E-state index < -0.39 is 43.8 Å². The van der Waals surface area contributed by atoms with E-state index in [1.807, 2.05) is 4.72 Å². The van der Waals surface area contributed by atoms with Crippen LogP contribution in [0.3, 0.4) is 0 Å². The van der Waals surface area contributed by atoms with Crippen LogP contribution >= 0.6 is 0 Å². The zero-order valence-electron chi connectivity index (χ0n) is 15.9. The first-order chi connectivity index (χ1) is 14.7. The summed E-state index contributed by atoms with van der Waals surface area (Å²) >= 11 is 0. The third kappa shape index (κ3) is 4.17. The molecule has 7 nitrogen and oxygen atoms in total. The van der Waals surface area contributed by atoms with Crippen LogP contribution in [-0.4, -0.2) is 26.6 Å². The number of hydrogen-bond acceptors (Lipinski definition) is 5. The van der Waals surface area contributed by atoms with Crippen LogP contribution in [0, 0.1) is 23.0 Å². The summed E-state index contributed by atoms with van der Waals surface area (Å²) in [5.74, 6) is -4.14. The molecule has 2 N–H and O–H groups in total. The number of ether oxygens (including phenoxy) is 1. The molecule has 3 aromatic rings. The van der Waals surface area contributed by atoms with E-state index in [1.54, 1.807) is 18.2 Å². The molecule has 10 heteroatoms. The number of methoxy groups -OCH3 is 1. The van der Waals surface area contributed by atoms with Crippen LogP contribution in [0.1, 0.15) is 15.9 Å². The summed E-state index contributed by atoms with van der Waals surface area (Å²) in [7, 11) is -3.44. The number of aromatic carboxylic acids is 1. The first-order valence-corrected chi connectivity index (χ1v) is 10.1.